The van der Waals surface area contributed by atoms with Crippen LogP contribution in [0.4, 0.5) is 0 Å². The van der Waals surface area contributed by atoms with Gasteiger partial charge in [0, 0.05) is 6.61 Å². The van der Waals surface area contributed by atoms with E-state index < -0.39 is 0 Å². The van der Waals surface area contributed by atoms with Crippen LogP contribution in [0.5, 0.6) is 0 Å². The lowest BCUT2D eigenvalue weighted by Gasteiger charge is -2.00. The molecule has 0 rings (SSSR count). The number of unbranched alkanes of at least 4 members (excludes halogenated alkanes) is 15. The molecule has 0 unspecified atom stereocenters. The Hall–Kier alpha value is -0.300. The van der Waals surface area contributed by atoms with Crippen molar-refractivity contribution in [1.82, 2.24) is 0 Å². The summed E-state index contributed by atoms with van der Waals surface area (Å²) in [6.07, 6.45) is 24.9. The van der Waals surface area contributed by atoms with E-state index in [0.717, 1.165) is 6.42 Å². The molecule has 23 heavy (non-hydrogen) atoms. The lowest BCUT2D eigenvalue weighted by atomic mass is 10.1. The summed E-state index contributed by atoms with van der Waals surface area (Å²) in [5.74, 6) is 0. The van der Waals surface area contributed by atoms with Gasteiger partial charge in [0.15, 0.2) is 0 Å². The van der Waals surface area contributed by atoms with E-state index in [4.69, 9.17) is 5.11 Å². The van der Waals surface area contributed by atoms with E-state index in [1.807, 2.05) is 6.08 Å². The molecule has 0 saturated carbocycles. The van der Waals surface area contributed by atoms with Gasteiger partial charge in [-0.25, -0.2) is 0 Å². The Morgan fingerprint density at radius 2 is 0.913 bits per heavy atom. The molecule has 0 saturated heterocycles. The fraction of sp³-hybridized carbons (Fsp3) is 0.909. The zero-order valence-corrected chi connectivity index (χ0v) is 16.5. The first-order valence-corrected chi connectivity index (χ1v) is 10.5. The smallest absolute Gasteiger partial charge is 0.0431 e. The predicted molar refractivity (Wildman–Crippen MR) is 107 cm³/mol. The highest BCUT2D eigenvalue weighted by molar-refractivity contribution is 4.65. The van der Waals surface area contributed by atoms with Crippen molar-refractivity contribution >= 4 is 0 Å². The third-order valence-electron chi connectivity index (χ3n) is 4.27. The Balaban J connectivity index is 0. The van der Waals surface area contributed by atoms with Crippen molar-refractivity contribution in [1.29, 1.82) is 0 Å². The first-order valence-electron chi connectivity index (χ1n) is 10.5. The van der Waals surface area contributed by atoms with Gasteiger partial charge in [0.1, 0.15) is 0 Å². The van der Waals surface area contributed by atoms with E-state index in [-0.39, 0.29) is 0 Å². The molecule has 0 aromatic carbocycles. The average molecular weight is 327 g/mol. The number of hydrogen-bond acceptors (Lipinski definition) is 1. The van der Waals surface area contributed by atoms with Crippen molar-refractivity contribution in [2.24, 2.45) is 0 Å². The van der Waals surface area contributed by atoms with E-state index in [0.29, 0.717) is 6.61 Å². The van der Waals surface area contributed by atoms with Crippen LogP contribution in [-0.2, 0) is 0 Å². The van der Waals surface area contributed by atoms with Gasteiger partial charge < -0.3 is 5.11 Å². The van der Waals surface area contributed by atoms with Crippen LogP contribution in [0, 0.1) is 0 Å². The zero-order valence-electron chi connectivity index (χ0n) is 16.5. The highest BCUT2D eigenvalue weighted by Crippen LogP contribution is 2.10. The molecule has 0 spiro atoms. The van der Waals surface area contributed by atoms with Crippen LogP contribution in [-0.4, -0.2) is 11.7 Å². The minimum atomic E-state index is 0.372. The van der Waals surface area contributed by atoms with Crippen molar-refractivity contribution in [2.45, 2.75) is 123 Å². The molecule has 0 heterocycles. The molecule has 0 fully saturated rings. The molecule has 0 radical (unpaired) electrons. The summed E-state index contributed by atoms with van der Waals surface area (Å²) in [5, 5.41) is 8.57. The number of allylic oxidation sites excluding steroid dienone is 1. The standard InChI is InChI=1S/C12H26O.C10H20/c1-2-3-4-5-6-7-8-9-10-11-12-13;1-3-5-7-9-10-8-6-4-2/h13H,2-12H2,1H3;3H,1,4-10H2,2H3. The second kappa shape index (κ2) is 26.6. The lowest BCUT2D eigenvalue weighted by Crippen LogP contribution is -1.84. The van der Waals surface area contributed by atoms with E-state index >= 15 is 0 Å². The molecule has 140 valence electrons. The normalized spacial score (nSPS) is 10.2. The molecular formula is C22H46O. The van der Waals surface area contributed by atoms with Crippen LogP contribution in [0.25, 0.3) is 0 Å². The number of aliphatic hydroxyl groups is 1. The first-order chi connectivity index (χ1) is 11.3. The van der Waals surface area contributed by atoms with Crippen LogP contribution in [0.2, 0.25) is 0 Å². The van der Waals surface area contributed by atoms with Crippen LogP contribution < -0.4 is 0 Å². The van der Waals surface area contributed by atoms with Gasteiger partial charge in [0.25, 0.3) is 0 Å². The summed E-state index contributed by atoms with van der Waals surface area (Å²) in [5.41, 5.74) is 0. The van der Waals surface area contributed by atoms with Gasteiger partial charge in [0.05, 0.1) is 0 Å². The van der Waals surface area contributed by atoms with Crippen molar-refractivity contribution in [3.8, 4) is 0 Å². The van der Waals surface area contributed by atoms with Crippen LogP contribution in [0.1, 0.15) is 123 Å². The summed E-state index contributed by atoms with van der Waals surface area (Å²) in [6, 6.07) is 0. The number of hydrogen-bond donors (Lipinski definition) is 1. The number of rotatable bonds is 17. The van der Waals surface area contributed by atoms with Gasteiger partial charge in [-0.05, 0) is 19.3 Å². The van der Waals surface area contributed by atoms with Gasteiger partial charge in [-0.1, -0.05) is 110 Å². The van der Waals surface area contributed by atoms with Crippen molar-refractivity contribution in [3.05, 3.63) is 12.7 Å². The van der Waals surface area contributed by atoms with Gasteiger partial charge in [-0.3, -0.25) is 0 Å². The summed E-state index contributed by atoms with van der Waals surface area (Å²) in [7, 11) is 0. The first kappa shape index (κ1) is 24.9. The van der Waals surface area contributed by atoms with E-state index in [1.54, 1.807) is 0 Å². The second-order valence-corrected chi connectivity index (χ2v) is 6.75. The van der Waals surface area contributed by atoms with Gasteiger partial charge >= 0.3 is 0 Å². The Morgan fingerprint density at radius 3 is 1.26 bits per heavy atom. The molecule has 0 atom stereocenters. The van der Waals surface area contributed by atoms with Crippen LogP contribution in [0.3, 0.4) is 0 Å². The van der Waals surface area contributed by atoms with Gasteiger partial charge in [-0.2, -0.15) is 0 Å². The molecule has 0 bridgehead atoms. The molecule has 1 heteroatoms. The average Bonchev–Trinajstić information content (AvgIpc) is 2.57. The molecule has 0 aliphatic carbocycles. The fourth-order valence-corrected chi connectivity index (χ4v) is 2.67. The molecule has 1 N–H and O–H groups in total. The van der Waals surface area contributed by atoms with Crippen molar-refractivity contribution in [2.75, 3.05) is 6.61 Å². The Bertz CT molecular complexity index is 178. The Morgan fingerprint density at radius 1 is 0.565 bits per heavy atom. The Labute approximate surface area is 148 Å². The second-order valence-electron chi connectivity index (χ2n) is 6.75. The fourth-order valence-electron chi connectivity index (χ4n) is 2.67. The SMILES string of the molecule is C=CCCCCCCCC.CCCCCCCCCCCCO. The van der Waals surface area contributed by atoms with Crippen LogP contribution in [0.15, 0.2) is 12.7 Å². The highest BCUT2D eigenvalue weighted by Gasteiger charge is 1.91. The van der Waals surface area contributed by atoms with Gasteiger partial charge in [0.2, 0.25) is 0 Å². The minimum absolute atomic E-state index is 0.372. The highest BCUT2D eigenvalue weighted by atomic mass is 16.2. The maximum absolute atomic E-state index is 8.57. The van der Waals surface area contributed by atoms with E-state index in [1.165, 1.54) is 103 Å². The summed E-state index contributed by atoms with van der Waals surface area (Å²) in [4.78, 5) is 0. The lowest BCUT2D eigenvalue weighted by molar-refractivity contribution is 0.282. The van der Waals surface area contributed by atoms with E-state index in [9.17, 15) is 0 Å². The maximum Gasteiger partial charge on any atom is 0.0431 e. The molecular weight excluding hydrogens is 280 g/mol. The number of aliphatic hydroxyl groups excluding tert-OH is 1. The van der Waals surface area contributed by atoms with Crippen molar-refractivity contribution < 1.29 is 5.11 Å². The summed E-state index contributed by atoms with van der Waals surface area (Å²) >= 11 is 0. The summed E-state index contributed by atoms with van der Waals surface area (Å²) in [6.45, 7) is 8.58. The maximum atomic E-state index is 8.57. The van der Waals surface area contributed by atoms with Crippen molar-refractivity contribution in [3.63, 3.8) is 0 Å². The van der Waals surface area contributed by atoms with E-state index in [2.05, 4.69) is 20.4 Å². The topological polar surface area (TPSA) is 20.2 Å². The largest absolute Gasteiger partial charge is 0.396 e. The Kier molecular flexibility index (Phi) is 28.8. The quantitative estimate of drug-likeness (QED) is 0.213. The molecule has 0 aliphatic rings. The molecule has 0 aliphatic heterocycles. The van der Waals surface area contributed by atoms with Crippen LogP contribution >= 0.6 is 0 Å². The predicted octanol–water partition coefficient (Wildman–Crippen LogP) is 7.82. The third-order valence-corrected chi connectivity index (χ3v) is 4.27. The molecule has 0 aromatic heterocycles. The molecule has 1 nitrogen and oxygen atoms in total. The minimum Gasteiger partial charge on any atom is -0.396 e. The molecule has 0 amide bonds. The summed E-state index contributed by atoms with van der Waals surface area (Å²) < 4.78 is 0. The molecule has 0 aromatic rings. The van der Waals surface area contributed by atoms with Gasteiger partial charge in [-0.15, -0.1) is 6.58 Å². The zero-order chi connectivity index (χ0) is 17.4. The monoisotopic (exact) mass is 326 g/mol. The third kappa shape index (κ3) is 30.2.